The molecule has 0 bridgehead atoms. The molecule has 7 nitrogen and oxygen atoms in total. The van der Waals surface area contributed by atoms with Crippen LogP contribution in [0.2, 0.25) is 0 Å². The predicted octanol–water partition coefficient (Wildman–Crippen LogP) is 6.08. The number of methoxy groups -OCH3 is 1. The molecule has 1 aliphatic carbocycles. The number of hydrogen-bond donors (Lipinski definition) is 1. The number of nitrogens with one attached hydrogen (secondary N) is 1. The number of rotatable bonds is 5. The number of benzene rings is 3. The summed E-state index contributed by atoms with van der Waals surface area (Å²) < 4.78 is 25.1. The van der Waals surface area contributed by atoms with Crippen molar-refractivity contribution in [1.82, 2.24) is 15.5 Å². The van der Waals surface area contributed by atoms with Gasteiger partial charge in [-0.05, 0) is 73.2 Å². The summed E-state index contributed by atoms with van der Waals surface area (Å²) in [5.74, 6) is 0.111. The van der Waals surface area contributed by atoms with E-state index in [4.69, 9.17) is 9.26 Å². The molecule has 2 heterocycles. The zero-order valence-corrected chi connectivity index (χ0v) is 20.5. The maximum absolute atomic E-state index is 14.3. The topological polar surface area (TPSA) is 80.5 Å². The first kappa shape index (κ1) is 23.0. The highest BCUT2D eigenvalue weighted by molar-refractivity contribution is 6.01. The predicted molar refractivity (Wildman–Crippen MR) is 137 cm³/mol. The van der Waals surface area contributed by atoms with Crippen LogP contribution in [-0.2, 0) is 12.8 Å². The summed E-state index contributed by atoms with van der Waals surface area (Å²) in [5, 5.41) is 7.25. The van der Waals surface area contributed by atoms with Crippen LogP contribution >= 0.6 is 0 Å². The number of aryl methyl sites for hydroxylation is 2. The third kappa shape index (κ3) is 4.04. The van der Waals surface area contributed by atoms with Gasteiger partial charge in [-0.2, -0.15) is 4.98 Å². The molecule has 0 saturated carbocycles. The zero-order valence-electron chi connectivity index (χ0n) is 20.5. The fourth-order valence-electron chi connectivity index (χ4n) is 5.18. The van der Waals surface area contributed by atoms with Gasteiger partial charge >= 0.3 is 6.03 Å². The van der Waals surface area contributed by atoms with Crippen LogP contribution in [0.3, 0.4) is 0 Å². The molecule has 37 heavy (non-hydrogen) atoms. The Morgan fingerprint density at radius 3 is 2.65 bits per heavy atom. The van der Waals surface area contributed by atoms with E-state index in [9.17, 15) is 9.18 Å². The van der Waals surface area contributed by atoms with Crippen LogP contribution < -0.4 is 15.0 Å². The van der Waals surface area contributed by atoms with E-state index in [2.05, 4.69) is 27.6 Å². The van der Waals surface area contributed by atoms with Crippen molar-refractivity contribution in [2.75, 3.05) is 12.0 Å². The van der Waals surface area contributed by atoms with Gasteiger partial charge in [-0.15, -0.1) is 0 Å². The normalized spacial score (nSPS) is 17.1. The van der Waals surface area contributed by atoms with Gasteiger partial charge in [0, 0.05) is 11.3 Å². The van der Waals surface area contributed by atoms with Gasteiger partial charge in [0.05, 0.1) is 24.4 Å². The average Bonchev–Trinajstić information content (AvgIpc) is 3.58. The maximum Gasteiger partial charge on any atom is 0.326 e. The highest BCUT2D eigenvalue weighted by Crippen LogP contribution is 2.40. The summed E-state index contributed by atoms with van der Waals surface area (Å²) in [6.45, 7) is 1.88. The van der Waals surface area contributed by atoms with Gasteiger partial charge in [0.1, 0.15) is 0 Å². The molecule has 0 fully saturated rings. The molecule has 6 rings (SSSR count). The summed E-state index contributed by atoms with van der Waals surface area (Å²) in [7, 11) is 1.41. The van der Waals surface area contributed by atoms with Crippen molar-refractivity contribution in [1.29, 1.82) is 0 Å². The Hall–Kier alpha value is -4.46. The molecule has 2 aliphatic rings. The number of ether oxygens (including phenoxy) is 1. The summed E-state index contributed by atoms with van der Waals surface area (Å²) in [6.07, 6.45) is 3.19. The number of amides is 2. The van der Waals surface area contributed by atoms with Gasteiger partial charge in [0.2, 0.25) is 5.82 Å². The second-order valence-corrected chi connectivity index (χ2v) is 9.21. The Kier molecular flexibility index (Phi) is 5.71. The molecule has 1 aromatic heterocycles. The van der Waals surface area contributed by atoms with Crippen LogP contribution in [0.4, 0.5) is 14.9 Å². The van der Waals surface area contributed by atoms with Crippen molar-refractivity contribution >= 4 is 17.3 Å². The van der Waals surface area contributed by atoms with Gasteiger partial charge in [-0.25, -0.2) is 9.18 Å². The first-order valence-corrected chi connectivity index (χ1v) is 12.2. The van der Waals surface area contributed by atoms with Crippen LogP contribution in [0.25, 0.3) is 17.0 Å². The second-order valence-electron chi connectivity index (χ2n) is 9.21. The minimum Gasteiger partial charge on any atom is -0.494 e. The lowest BCUT2D eigenvalue weighted by atomic mass is 9.94. The number of aromatic nitrogens is 2. The number of fused-ring (bicyclic) bond motifs is 1. The minimum atomic E-state index is -0.517. The number of nitrogens with zero attached hydrogens (tertiary/aromatic N) is 3. The second kappa shape index (κ2) is 9.20. The lowest BCUT2D eigenvalue weighted by molar-refractivity contribution is 0.244. The standard InChI is InChI=1S/C29H25FN4O3/c1-17-25(28-32-27(33-37-28)21-12-14-24(36-2)23(30)16-21)26(19-7-4-3-5-8-19)31-29(35)34(17)22-13-11-18-9-6-10-20(18)15-22/h3-5,7-8,11-16,26H,6,9-10H2,1-2H3,(H,31,35). The van der Waals surface area contributed by atoms with E-state index < -0.39 is 11.9 Å². The first-order valence-electron chi connectivity index (χ1n) is 12.2. The first-order chi connectivity index (χ1) is 18.0. The number of halogens is 1. The van der Waals surface area contributed by atoms with Gasteiger partial charge in [-0.1, -0.05) is 41.6 Å². The molecule has 4 aromatic rings. The Labute approximate surface area is 213 Å². The quantitative estimate of drug-likeness (QED) is 0.362. The highest BCUT2D eigenvalue weighted by Gasteiger charge is 2.36. The molecule has 1 unspecified atom stereocenters. The van der Waals surface area contributed by atoms with E-state index in [1.54, 1.807) is 11.0 Å². The summed E-state index contributed by atoms with van der Waals surface area (Å²) in [5.41, 5.74) is 6.10. The van der Waals surface area contributed by atoms with Gasteiger partial charge in [0.15, 0.2) is 11.6 Å². The molecule has 0 spiro atoms. The van der Waals surface area contributed by atoms with E-state index >= 15 is 0 Å². The monoisotopic (exact) mass is 496 g/mol. The van der Waals surface area contributed by atoms with Crippen molar-refractivity contribution in [2.45, 2.75) is 32.2 Å². The van der Waals surface area contributed by atoms with Crippen molar-refractivity contribution in [3.05, 3.63) is 101 Å². The molecular weight excluding hydrogens is 471 g/mol. The smallest absolute Gasteiger partial charge is 0.326 e. The molecule has 1 atom stereocenters. The summed E-state index contributed by atoms with van der Waals surface area (Å²) >= 11 is 0. The minimum absolute atomic E-state index is 0.134. The number of carbonyl (C=O) groups is 1. The number of allylic oxidation sites excluding steroid dienone is 1. The van der Waals surface area contributed by atoms with Crippen LogP contribution in [0, 0.1) is 5.82 Å². The molecule has 186 valence electrons. The fraction of sp³-hybridized carbons (Fsp3) is 0.207. The van der Waals surface area contributed by atoms with E-state index in [1.807, 2.05) is 43.3 Å². The molecular formula is C29H25FN4O3. The van der Waals surface area contributed by atoms with Crippen LogP contribution in [0.5, 0.6) is 5.75 Å². The maximum atomic E-state index is 14.3. The average molecular weight is 497 g/mol. The lowest BCUT2D eigenvalue weighted by Crippen LogP contribution is -2.46. The lowest BCUT2D eigenvalue weighted by Gasteiger charge is -2.35. The van der Waals surface area contributed by atoms with Gasteiger partial charge in [-0.3, -0.25) is 4.90 Å². The number of carbonyl (C=O) groups excluding carboxylic acids is 1. The van der Waals surface area contributed by atoms with Gasteiger partial charge in [0.25, 0.3) is 5.89 Å². The Morgan fingerprint density at radius 2 is 1.86 bits per heavy atom. The third-order valence-electron chi connectivity index (χ3n) is 7.02. The number of urea groups is 1. The fourth-order valence-corrected chi connectivity index (χ4v) is 5.18. The SMILES string of the molecule is COc1ccc(-c2noc(C3=C(C)N(c4ccc5c(c4)CCC5)C(=O)NC3c3ccccc3)n2)cc1F. The Balaban J connectivity index is 1.47. The third-order valence-corrected chi connectivity index (χ3v) is 7.02. The number of anilines is 1. The summed E-state index contributed by atoms with van der Waals surface area (Å²) in [6, 6.07) is 19.6. The molecule has 0 radical (unpaired) electrons. The van der Waals surface area contributed by atoms with E-state index in [-0.39, 0.29) is 23.5 Å². The van der Waals surface area contributed by atoms with Crippen molar-refractivity contribution < 1.29 is 18.4 Å². The van der Waals surface area contributed by atoms with Gasteiger partial charge < -0.3 is 14.6 Å². The molecule has 8 heteroatoms. The Morgan fingerprint density at radius 1 is 1.05 bits per heavy atom. The van der Waals surface area contributed by atoms with E-state index in [0.29, 0.717) is 16.8 Å². The zero-order chi connectivity index (χ0) is 25.5. The molecule has 0 saturated heterocycles. The summed E-state index contributed by atoms with van der Waals surface area (Å²) in [4.78, 5) is 19.7. The van der Waals surface area contributed by atoms with E-state index in [0.717, 1.165) is 30.5 Å². The van der Waals surface area contributed by atoms with Crippen molar-refractivity contribution in [3.63, 3.8) is 0 Å². The number of hydrogen-bond acceptors (Lipinski definition) is 5. The van der Waals surface area contributed by atoms with Crippen LogP contribution in [0.1, 0.15) is 42.0 Å². The van der Waals surface area contributed by atoms with E-state index in [1.165, 1.54) is 30.4 Å². The van der Waals surface area contributed by atoms with Crippen molar-refractivity contribution in [2.24, 2.45) is 0 Å². The van der Waals surface area contributed by atoms with Crippen LogP contribution in [-0.4, -0.2) is 23.3 Å². The molecule has 1 aliphatic heterocycles. The largest absolute Gasteiger partial charge is 0.494 e. The highest BCUT2D eigenvalue weighted by atomic mass is 19.1. The molecule has 2 amide bonds. The Bertz CT molecular complexity index is 1530. The van der Waals surface area contributed by atoms with Crippen molar-refractivity contribution in [3.8, 4) is 17.1 Å². The molecule has 1 N–H and O–H groups in total. The molecule has 3 aromatic carbocycles. The van der Waals surface area contributed by atoms with Crippen LogP contribution in [0.15, 0.2) is 77.0 Å².